The predicted molar refractivity (Wildman–Crippen MR) is 199 cm³/mol. The van der Waals surface area contributed by atoms with Gasteiger partial charge in [0.2, 0.25) is 23.6 Å². The van der Waals surface area contributed by atoms with E-state index in [1.54, 1.807) is 52.3 Å². The van der Waals surface area contributed by atoms with Crippen LogP contribution in [0.3, 0.4) is 0 Å². The first-order chi connectivity index (χ1) is 25.2. The van der Waals surface area contributed by atoms with Gasteiger partial charge >= 0.3 is 0 Å². The fourth-order valence-electron chi connectivity index (χ4n) is 7.33. The average Bonchev–Trinajstić information content (AvgIpc) is 3.92. The molecule has 1 aromatic heterocycles. The Bertz CT molecular complexity index is 2130. The molecule has 0 aliphatic carbocycles. The number of fused-ring (bicyclic) bond motifs is 1. The van der Waals surface area contributed by atoms with Crippen molar-refractivity contribution in [3.05, 3.63) is 120 Å². The van der Waals surface area contributed by atoms with E-state index in [2.05, 4.69) is 15.6 Å². The number of amides is 5. The Morgan fingerprint density at radius 3 is 1.67 bits per heavy atom. The number of anilines is 2. The van der Waals surface area contributed by atoms with Crippen LogP contribution < -0.4 is 16.4 Å². The van der Waals surface area contributed by atoms with Crippen molar-refractivity contribution in [2.24, 2.45) is 5.73 Å². The van der Waals surface area contributed by atoms with E-state index >= 15 is 0 Å². The Kier molecular flexibility index (Phi) is 9.83. The summed E-state index contributed by atoms with van der Waals surface area (Å²) < 4.78 is 0. The highest BCUT2D eigenvalue weighted by molar-refractivity contribution is 6.13. The quantitative estimate of drug-likeness (QED) is 0.156. The Balaban J connectivity index is 1.03. The lowest BCUT2D eigenvalue weighted by Crippen LogP contribution is -2.43. The number of nitrogens with two attached hydrogens (primary N) is 1. The molecule has 7 rings (SSSR count). The van der Waals surface area contributed by atoms with Crippen molar-refractivity contribution < 1.29 is 24.0 Å². The van der Waals surface area contributed by atoms with E-state index in [1.807, 2.05) is 60.7 Å². The number of nitrogens with zero attached hydrogens (tertiary/aromatic N) is 2. The molecule has 5 N–H and O–H groups in total. The lowest BCUT2D eigenvalue weighted by Gasteiger charge is -2.24. The molecule has 0 radical (unpaired) electrons. The first-order valence-corrected chi connectivity index (χ1v) is 17.6. The molecule has 4 aromatic carbocycles. The highest BCUT2D eigenvalue weighted by Crippen LogP contribution is 2.33. The Morgan fingerprint density at radius 1 is 0.654 bits per heavy atom. The summed E-state index contributed by atoms with van der Waals surface area (Å²) in [6.07, 6.45) is 3.13. The van der Waals surface area contributed by atoms with Crippen LogP contribution in [0.5, 0.6) is 0 Å². The van der Waals surface area contributed by atoms with E-state index in [9.17, 15) is 24.0 Å². The smallest absolute Gasteiger partial charge is 0.251 e. The number of rotatable bonds is 10. The number of hydrogen-bond acceptors (Lipinski definition) is 5. The van der Waals surface area contributed by atoms with E-state index in [0.29, 0.717) is 59.5 Å². The minimum Gasteiger partial charge on any atom is -0.366 e. The van der Waals surface area contributed by atoms with Crippen LogP contribution in [0, 0.1) is 0 Å². The average molecular weight is 697 g/mol. The normalized spacial score (nSPS) is 16.9. The lowest BCUT2D eigenvalue weighted by atomic mass is 10.0. The second-order valence-electron chi connectivity index (χ2n) is 13.4. The molecule has 0 unspecified atom stereocenters. The third kappa shape index (κ3) is 7.29. The zero-order valence-corrected chi connectivity index (χ0v) is 28.6. The number of H-pyrrole nitrogens is 1. The molecule has 2 atom stereocenters. The molecule has 2 saturated heterocycles. The number of aromatic amines is 1. The zero-order valence-electron chi connectivity index (χ0n) is 28.6. The maximum absolute atomic E-state index is 13.4. The van der Waals surface area contributed by atoms with Crippen LogP contribution in [0.2, 0.25) is 0 Å². The molecule has 5 amide bonds. The second kappa shape index (κ2) is 14.9. The number of likely N-dealkylation sites (tertiary alicyclic amines) is 2. The highest BCUT2D eigenvalue weighted by Gasteiger charge is 2.35. The number of nitrogens with one attached hydrogen (secondary N) is 3. The molecule has 11 nitrogen and oxygen atoms in total. The molecule has 2 fully saturated rings. The molecule has 2 aliphatic rings. The topological polar surface area (TPSA) is 158 Å². The fourth-order valence-corrected chi connectivity index (χ4v) is 7.33. The van der Waals surface area contributed by atoms with Gasteiger partial charge in [-0.1, -0.05) is 72.8 Å². The molecule has 5 aromatic rings. The largest absolute Gasteiger partial charge is 0.366 e. The van der Waals surface area contributed by atoms with Crippen LogP contribution in [0.1, 0.15) is 47.2 Å². The van der Waals surface area contributed by atoms with Gasteiger partial charge in [0.15, 0.2) is 0 Å². The Hall–Kier alpha value is -6.23. The van der Waals surface area contributed by atoms with Crippen LogP contribution >= 0.6 is 0 Å². The minimum atomic E-state index is -0.642. The molecule has 3 heterocycles. The molecule has 0 saturated carbocycles. The molecule has 11 heteroatoms. The second-order valence-corrected chi connectivity index (χ2v) is 13.4. The maximum atomic E-state index is 13.4. The monoisotopic (exact) mass is 696 g/mol. The van der Waals surface area contributed by atoms with Gasteiger partial charge in [0.1, 0.15) is 12.1 Å². The summed E-state index contributed by atoms with van der Waals surface area (Å²) in [6, 6.07) is 30.1. The van der Waals surface area contributed by atoms with Crippen molar-refractivity contribution in [2.45, 2.75) is 50.6 Å². The number of aromatic nitrogens is 1. The highest BCUT2D eigenvalue weighted by atomic mass is 16.2. The van der Waals surface area contributed by atoms with Crippen molar-refractivity contribution >= 4 is 51.8 Å². The first-order valence-electron chi connectivity index (χ1n) is 17.6. The standard InChI is InChI=1S/C41H40N6O5/c42-39(50)37-31-25-30(44-41(52)34-14-8-22-47(34)36(49)24-27-11-5-2-6-12-27)19-20-32(31)45-38(37)28-15-17-29(18-16-28)43-40(51)33-13-7-21-46(33)35(48)23-26-9-3-1-4-10-26/h1-6,9-12,15-20,25,33-34,45H,7-8,13-14,21-24H2,(H2,42,50)(H,43,51)(H,44,52)/t33-,34-/m0/s1. The summed E-state index contributed by atoms with van der Waals surface area (Å²) in [7, 11) is 0. The van der Waals surface area contributed by atoms with Crippen molar-refractivity contribution in [1.29, 1.82) is 0 Å². The molecule has 264 valence electrons. The molecule has 0 spiro atoms. The van der Waals surface area contributed by atoms with E-state index in [1.165, 1.54) is 0 Å². The summed E-state index contributed by atoms with van der Waals surface area (Å²) in [5.74, 6) is -1.34. The number of primary amides is 1. The van der Waals surface area contributed by atoms with Crippen LogP contribution in [0.15, 0.2) is 103 Å². The van der Waals surface area contributed by atoms with Crippen LogP contribution in [0.4, 0.5) is 11.4 Å². The van der Waals surface area contributed by atoms with E-state index < -0.39 is 18.0 Å². The number of carbonyl (C=O) groups is 5. The van der Waals surface area contributed by atoms with Gasteiger partial charge in [-0.05, 0) is 72.7 Å². The van der Waals surface area contributed by atoms with Crippen molar-refractivity contribution in [2.75, 3.05) is 23.7 Å². The SMILES string of the molecule is NC(=O)c1c(-c2ccc(NC(=O)[C@@H]3CCCN3C(=O)Cc3ccccc3)cc2)[nH]c2ccc(NC(=O)[C@@H]3CCCN3C(=O)Cc3ccccc3)cc12. The Morgan fingerprint density at radius 2 is 1.15 bits per heavy atom. The summed E-state index contributed by atoms with van der Waals surface area (Å²) in [6.45, 7) is 1.06. The van der Waals surface area contributed by atoms with Gasteiger partial charge in [-0.3, -0.25) is 24.0 Å². The summed E-state index contributed by atoms with van der Waals surface area (Å²) in [5, 5.41) is 6.44. The van der Waals surface area contributed by atoms with Gasteiger partial charge in [0, 0.05) is 35.4 Å². The predicted octanol–water partition coefficient (Wildman–Crippen LogP) is 5.28. The molecule has 0 bridgehead atoms. The summed E-state index contributed by atoms with van der Waals surface area (Å²) in [5.41, 5.74) is 10.8. The van der Waals surface area contributed by atoms with Gasteiger partial charge in [-0.2, -0.15) is 0 Å². The van der Waals surface area contributed by atoms with Gasteiger partial charge < -0.3 is 31.2 Å². The third-order valence-corrected chi connectivity index (χ3v) is 9.90. The number of hydrogen-bond donors (Lipinski definition) is 4. The lowest BCUT2D eigenvalue weighted by molar-refractivity contribution is -0.136. The molecular formula is C41H40N6O5. The van der Waals surface area contributed by atoms with Gasteiger partial charge in [-0.25, -0.2) is 0 Å². The van der Waals surface area contributed by atoms with Gasteiger partial charge in [0.05, 0.1) is 24.1 Å². The summed E-state index contributed by atoms with van der Waals surface area (Å²) >= 11 is 0. The molecule has 52 heavy (non-hydrogen) atoms. The number of carbonyl (C=O) groups excluding carboxylic acids is 5. The van der Waals surface area contributed by atoms with Crippen LogP contribution in [0.25, 0.3) is 22.2 Å². The van der Waals surface area contributed by atoms with Crippen molar-refractivity contribution in [3.8, 4) is 11.3 Å². The van der Waals surface area contributed by atoms with Gasteiger partial charge in [0.25, 0.3) is 5.91 Å². The van der Waals surface area contributed by atoms with Crippen LogP contribution in [-0.2, 0) is 32.0 Å². The van der Waals surface area contributed by atoms with Crippen molar-refractivity contribution in [1.82, 2.24) is 14.8 Å². The van der Waals surface area contributed by atoms with E-state index in [0.717, 1.165) is 24.0 Å². The zero-order chi connectivity index (χ0) is 36.2. The Labute approximate surface area is 301 Å². The summed E-state index contributed by atoms with van der Waals surface area (Å²) in [4.78, 5) is 72.3. The molecular weight excluding hydrogens is 656 g/mol. The number of benzene rings is 4. The van der Waals surface area contributed by atoms with E-state index in [4.69, 9.17) is 5.73 Å². The van der Waals surface area contributed by atoms with E-state index in [-0.39, 0.29) is 42.0 Å². The van der Waals surface area contributed by atoms with Gasteiger partial charge in [-0.15, -0.1) is 0 Å². The first kappa shape index (κ1) is 34.2. The van der Waals surface area contributed by atoms with Crippen LogP contribution in [-0.4, -0.2) is 69.5 Å². The third-order valence-electron chi connectivity index (χ3n) is 9.90. The maximum Gasteiger partial charge on any atom is 0.251 e. The molecule has 2 aliphatic heterocycles. The van der Waals surface area contributed by atoms with Crippen molar-refractivity contribution in [3.63, 3.8) is 0 Å². The minimum absolute atomic E-state index is 0.0749. The fraction of sp³-hybridized carbons (Fsp3) is 0.244.